The molecule has 170 valence electrons. The molecule has 4 aromatic rings. The van der Waals surface area contributed by atoms with Crippen LogP contribution in [0.1, 0.15) is 76.3 Å². The average Bonchev–Trinajstić information content (AvgIpc) is 3.53. The maximum absolute atomic E-state index is 5.81. The monoisotopic (exact) mass is 542 g/mol. The third-order valence-electron chi connectivity index (χ3n) is 6.15. The van der Waals surface area contributed by atoms with Crippen LogP contribution >= 0.6 is 17.0 Å². The van der Waals surface area contributed by atoms with Crippen molar-refractivity contribution in [1.29, 1.82) is 0 Å². The van der Waals surface area contributed by atoms with Gasteiger partial charge in [-0.05, 0) is 0 Å². The molecular weight excluding hydrogens is 510 g/mol. The van der Waals surface area contributed by atoms with Gasteiger partial charge in [-0.3, -0.25) is 0 Å². The zero-order valence-corrected chi connectivity index (χ0v) is 23.6. The Morgan fingerprint density at radius 1 is 0.688 bits per heavy atom. The van der Waals surface area contributed by atoms with E-state index in [2.05, 4.69) is 100 Å². The van der Waals surface area contributed by atoms with Gasteiger partial charge in [0, 0.05) is 0 Å². The van der Waals surface area contributed by atoms with E-state index in [9.17, 15) is 0 Å². The van der Waals surface area contributed by atoms with Crippen LogP contribution in [-0.4, -0.2) is 3.21 Å². The average molecular weight is 545 g/mol. The summed E-state index contributed by atoms with van der Waals surface area (Å²) in [7, 11) is 11.6. The summed E-state index contributed by atoms with van der Waals surface area (Å²) < 4.78 is 1.52. The number of halogens is 2. The van der Waals surface area contributed by atoms with Gasteiger partial charge in [0.1, 0.15) is 0 Å². The predicted octanol–water partition coefficient (Wildman–Crippen LogP) is 10.0. The first-order valence-electron chi connectivity index (χ1n) is 11.7. The molecule has 0 aliphatic heterocycles. The molecule has 0 aromatic heterocycles. The molecule has 1 aliphatic carbocycles. The van der Waals surface area contributed by atoms with Crippen molar-refractivity contribution in [3.63, 3.8) is 0 Å². The molecule has 0 atom stereocenters. The molecule has 3 heteroatoms. The Labute approximate surface area is 208 Å². The molecule has 1 saturated carbocycles. The molecule has 0 nitrogen and oxygen atoms in total. The summed E-state index contributed by atoms with van der Waals surface area (Å²) in [4.78, 5) is 0. The fourth-order valence-electron chi connectivity index (χ4n) is 4.35. The van der Waals surface area contributed by atoms with Crippen LogP contribution in [0, 0.1) is 0 Å². The number of hydrogen-bond donors (Lipinski definition) is 0. The van der Waals surface area contributed by atoms with Crippen LogP contribution in [-0.2, 0) is 18.9 Å². The van der Waals surface area contributed by atoms with E-state index in [1.807, 2.05) is 0 Å². The summed E-state index contributed by atoms with van der Waals surface area (Å²) in [5.41, 5.74) is 2.93. The van der Waals surface area contributed by atoms with Gasteiger partial charge in [0.25, 0.3) is 0 Å². The van der Waals surface area contributed by atoms with Gasteiger partial charge in [0.2, 0.25) is 0 Å². The van der Waals surface area contributed by atoms with E-state index in [1.165, 1.54) is 61.6 Å². The maximum atomic E-state index is 5.81. The molecule has 0 radical (unpaired) electrons. The molecule has 0 saturated heterocycles. The van der Waals surface area contributed by atoms with Gasteiger partial charge < -0.3 is 0 Å². The first kappa shape index (κ1) is 25.6. The molecular formula is C29H34Cl2Zr-2. The minimum atomic E-state index is -1.85. The number of rotatable bonds is 2. The Balaban J connectivity index is 0.000000139. The molecule has 0 spiro atoms. The summed E-state index contributed by atoms with van der Waals surface area (Å²) in [6, 6.07) is 26.0. The van der Waals surface area contributed by atoms with E-state index < -0.39 is 18.9 Å². The van der Waals surface area contributed by atoms with Crippen LogP contribution in [0.15, 0.2) is 72.8 Å². The normalized spacial score (nSPS) is 13.3. The molecule has 32 heavy (non-hydrogen) atoms. The minimum absolute atomic E-state index is 0.630. The third-order valence-corrected chi connectivity index (χ3v) is 11.9. The zero-order chi connectivity index (χ0) is 23.1. The van der Waals surface area contributed by atoms with Crippen molar-refractivity contribution in [3.05, 3.63) is 83.9 Å². The van der Waals surface area contributed by atoms with Gasteiger partial charge in [0.15, 0.2) is 0 Å². The zero-order valence-electron chi connectivity index (χ0n) is 19.7. The van der Waals surface area contributed by atoms with Crippen LogP contribution in [0.25, 0.3) is 21.5 Å². The second-order valence-corrected chi connectivity index (χ2v) is 17.8. The predicted molar refractivity (Wildman–Crippen MR) is 142 cm³/mol. The van der Waals surface area contributed by atoms with Gasteiger partial charge in [-0.1, -0.05) is 51.7 Å². The second-order valence-electron chi connectivity index (χ2n) is 9.13. The van der Waals surface area contributed by atoms with E-state index in [1.54, 1.807) is 0 Å². The molecule has 0 bridgehead atoms. The molecule has 5 rings (SSSR count). The summed E-state index contributed by atoms with van der Waals surface area (Å²) in [6.07, 6.45) is 5.14. The van der Waals surface area contributed by atoms with Crippen molar-refractivity contribution in [2.45, 2.75) is 65.2 Å². The molecule has 0 amide bonds. The molecule has 4 aromatic carbocycles. The van der Waals surface area contributed by atoms with E-state index in [-0.39, 0.29) is 0 Å². The van der Waals surface area contributed by atoms with E-state index in [0.29, 0.717) is 11.8 Å². The second kappa shape index (κ2) is 12.5. The summed E-state index contributed by atoms with van der Waals surface area (Å²) in [5, 5.41) is 5.54. The Hall–Kier alpha value is -1.01. The number of benzene rings is 2. The Bertz CT molecular complexity index is 1070. The topological polar surface area (TPSA) is 0 Å². The summed E-state index contributed by atoms with van der Waals surface area (Å²) in [6.45, 7) is 8.95. The van der Waals surface area contributed by atoms with Crippen molar-refractivity contribution >= 4 is 41.8 Å². The first-order chi connectivity index (χ1) is 15.4. The molecule has 1 aliphatic rings. The van der Waals surface area contributed by atoms with Crippen molar-refractivity contribution in [1.82, 2.24) is 0 Å². The van der Waals surface area contributed by atoms with E-state index in [4.69, 9.17) is 17.0 Å². The van der Waals surface area contributed by atoms with Crippen molar-refractivity contribution in [2.75, 3.05) is 0 Å². The van der Waals surface area contributed by atoms with Crippen molar-refractivity contribution < 1.29 is 18.9 Å². The Morgan fingerprint density at radius 3 is 1.44 bits per heavy atom. The van der Waals surface area contributed by atoms with Gasteiger partial charge in [-0.25, -0.2) is 0 Å². The quantitative estimate of drug-likeness (QED) is 0.220. The fraction of sp³-hybridized carbons (Fsp3) is 0.345. The fourth-order valence-corrected chi connectivity index (χ4v) is 8.38. The van der Waals surface area contributed by atoms with Gasteiger partial charge >= 0.3 is 64.8 Å². The molecule has 1 fully saturated rings. The summed E-state index contributed by atoms with van der Waals surface area (Å²) >= 11 is -1.85. The van der Waals surface area contributed by atoms with Crippen LogP contribution in [0.5, 0.6) is 0 Å². The van der Waals surface area contributed by atoms with Crippen LogP contribution < -0.4 is 0 Å². The van der Waals surface area contributed by atoms with Gasteiger partial charge in [-0.2, -0.15) is 11.1 Å². The number of hydrogen-bond acceptors (Lipinski definition) is 0. The first-order valence-corrected chi connectivity index (χ1v) is 19.3. The van der Waals surface area contributed by atoms with Crippen molar-refractivity contribution in [3.8, 4) is 0 Å². The van der Waals surface area contributed by atoms with Crippen LogP contribution in [0.2, 0.25) is 0 Å². The van der Waals surface area contributed by atoms with Crippen LogP contribution in [0.4, 0.5) is 0 Å². The van der Waals surface area contributed by atoms with Crippen molar-refractivity contribution in [2.24, 2.45) is 0 Å². The molecule has 0 N–H and O–H groups in total. The Morgan fingerprint density at radius 2 is 1.09 bits per heavy atom. The van der Waals surface area contributed by atoms with Crippen LogP contribution in [0.3, 0.4) is 0 Å². The summed E-state index contributed by atoms with van der Waals surface area (Å²) in [5.74, 6) is 1.26. The standard InChI is InChI=1S/2C12H13.C5H8.2ClH.Zr/c2*1-9(2)11-8-7-10-5-3-4-6-12(10)11;1-2-4-5-3-1;;;/h2*3-9H,1-2H3;1-4H2;2*1H;/q2*-1;;;;+2/p-2. The number of fused-ring (bicyclic) bond motifs is 2. The van der Waals surface area contributed by atoms with Gasteiger partial charge in [0.05, 0.1) is 0 Å². The van der Waals surface area contributed by atoms with E-state index >= 15 is 0 Å². The Kier molecular flexibility index (Phi) is 9.97. The molecule has 0 unspecified atom stereocenters. The van der Waals surface area contributed by atoms with E-state index in [0.717, 1.165) is 0 Å². The SMILES string of the molecule is CC(C)c1c[cH-]c2ccccc12.CC(C)c1c[cH-]c2ccccc12.[Cl][Zr]([Cl])=[C]1CCCC1. The third kappa shape index (κ3) is 6.76. The molecule has 0 heterocycles. The van der Waals surface area contributed by atoms with Gasteiger partial charge in [-0.15, -0.1) is 82.2 Å².